The van der Waals surface area contributed by atoms with Gasteiger partial charge in [0.1, 0.15) is 0 Å². The van der Waals surface area contributed by atoms with Gasteiger partial charge >= 0.3 is 0 Å². The standard InChI is InChI=1S/C10H20F2N2/c1-2-14(6-9-4-3-5-9)8-10(11,12)7-13/h9H,2-8,13H2,1H3. The Morgan fingerprint density at radius 1 is 1.43 bits per heavy atom. The number of alkyl halides is 2. The van der Waals surface area contributed by atoms with E-state index in [1.807, 2.05) is 11.8 Å². The van der Waals surface area contributed by atoms with E-state index in [4.69, 9.17) is 5.73 Å². The summed E-state index contributed by atoms with van der Waals surface area (Å²) in [5, 5.41) is 0. The van der Waals surface area contributed by atoms with E-state index in [0.717, 1.165) is 6.54 Å². The normalized spacial score (nSPS) is 18.6. The third-order valence-corrected chi connectivity index (χ3v) is 2.94. The van der Waals surface area contributed by atoms with Gasteiger partial charge in [0.2, 0.25) is 0 Å². The van der Waals surface area contributed by atoms with Crippen LogP contribution >= 0.6 is 0 Å². The molecule has 0 saturated heterocycles. The third-order valence-electron chi connectivity index (χ3n) is 2.94. The van der Waals surface area contributed by atoms with E-state index >= 15 is 0 Å². The van der Waals surface area contributed by atoms with Gasteiger partial charge in [-0.05, 0) is 25.3 Å². The first-order chi connectivity index (χ1) is 6.57. The molecule has 0 aromatic rings. The molecule has 0 aromatic heterocycles. The summed E-state index contributed by atoms with van der Waals surface area (Å²) in [5.41, 5.74) is 5.01. The van der Waals surface area contributed by atoms with Gasteiger partial charge in [-0.15, -0.1) is 0 Å². The van der Waals surface area contributed by atoms with Gasteiger partial charge in [0.15, 0.2) is 0 Å². The lowest BCUT2D eigenvalue weighted by atomic mass is 9.85. The van der Waals surface area contributed by atoms with Crippen molar-refractivity contribution in [1.29, 1.82) is 0 Å². The largest absolute Gasteiger partial charge is 0.325 e. The van der Waals surface area contributed by atoms with Crippen molar-refractivity contribution in [2.75, 3.05) is 26.2 Å². The van der Waals surface area contributed by atoms with Crippen LogP contribution in [0.1, 0.15) is 26.2 Å². The zero-order valence-electron chi connectivity index (χ0n) is 8.81. The lowest BCUT2D eigenvalue weighted by molar-refractivity contribution is -0.0281. The molecular weight excluding hydrogens is 186 g/mol. The average molecular weight is 206 g/mol. The van der Waals surface area contributed by atoms with Crippen LogP contribution in [-0.2, 0) is 0 Å². The fourth-order valence-electron chi connectivity index (χ4n) is 1.74. The molecule has 2 nitrogen and oxygen atoms in total. The molecule has 1 saturated carbocycles. The Morgan fingerprint density at radius 3 is 2.43 bits per heavy atom. The zero-order chi connectivity index (χ0) is 10.6. The van der Waals surface area contributed by atoms with E-state index in [1.165, 1.54) is 19.3 Å². The summed E-state index contributed by atoms with van der Waals surface area (Å²) >= 11 is 0. The zero-order valence-corrected chi connectivity index (χ0v) is 8.81. The van der Waals surface area contributed by atoms with Crippen molar-refractivity contribution >= 4 is 0 Å². The number of hydrogen-bond acceptors (Lipinski definition) is 2. The van der Waals surface area contributed by atoms with Gasteiger partial charge in [-0.25, -0.2) is 8.78 Å². The van der Waals surface area contributed by atoms with Crippen LogP contribution in [0.2, 0.25) is 0 Å². The summed E-state index contributed by atoms with van der Waals surface area (Å²) in [7, 11) is 0. The summed E-state index contributed by atoms with van der Waals surface area (Å²) in [5.74, 6) is -2.08. The van der Waals surface area contributed by atoms with Gasteiger partial charge in [0, 0.05) is 6.54 Å². The highest BCUT2D eigenvalue weighted by Gasteiger charge is 2.31. The maximum Gasteiger partial charge on any atom is 0.272 e. The minimum atomic E-state index is -2.72. The molecule has 0 amide bonds. The molecule has 0 aliphatic heterocycles. The van der Waals surface area contributed by atoms with Crippen LogP contribution in [-0.4, -0.2) is 37.0 Å². The van der Waals surface area contributed by atoms with E-state index in [2.05, 4.69) is 0 Å². The Labute approximate surface area is 84.4 Å². The summed E-state index contributed by atoms with van der Waals surface area (Å²) in [6.45, 7) is 2.69. The molecule has 0 aromatic carbocycles. The van der Waals surface area contributed by atoms with E-state index in [-0.39, 0.29) is 6.54 Å². The minimum Gasteiger partial charge on any atom is -0.325 e. The molecule has 14 heavy (non-hydrogen) atoms. The van der Waals surface area contributed by atoms with Crippen LogP contribution in [0.4, 0.5) is 8.78 Å². The highest BCUT2D eigenvalue weighted by molar-refractivity contribution is 4.78. The minimum absolute atomic E-state index is 0.184. The van der Waals surface area contributed by atoms with Gasteiger partial charge in [-0.2, -0.15) is 0 Å². The molecule has 0 heterocycles. The van der Waals surface area contributed by atoms with Crippen molar-refractivity contribution in [3.05, 3.63) is 0 Å². The first-order valence-electron chi connectivity index (χ1n) is 5.37. The number of nitrogens with two attached hydrogens (primary N) is 1. The van der Waals surface area contributed by atoms with Crippen molar-refractivity contribution < 1.29 is 8.78 Å². The first kappa shape index (κ1) is 11.9. The van der Waals surface area contributed by atoms with Gasteiger partial charge in [0.05, 0.1) is 13.1 Å². The Kier molecular flexibility index (Phi) is 4.26. The Balaban J connectivity index is 2.29. The molecule has 2 N–H and O–H groups in total. The Morgan fingerprint density at radius 2 is 2.07 bits per heavy atom. The first-order valence-corrected chi connectivity index (χ1v) is 5.37. The van der Waals surface area contributed by atoms with E-state index in [0.29, 0.717) is 12.5 Å². The van der Waals surface area contributed by atoms with Gasteiger partial charge in [-0.1, -0.05) is 13.3 Å². The smallest absolute Gasteiger partial charge is 0.272 e. The number of hydrogen-bond donors (Lipinski definition) is 1. The maximum atomic E-state index is 13.0. The maximum absolute atomic E-state index is 13.0. The monoisotopic (exact) mass is 206 g/mol. The number of halogens is 2. The molecule has 84 valence electrons. The molecule has 0 spiro atoms. The fraction of sp³-hybridized carbons (Fsp3) is 1.00. The summed E-state index contributed by atoms with van der Waals surface area (Å²) in [6, 6.07) is 0. The van der Waals surface area contributed by atoms with E-state index in [1.54, 1.807) is 0 Å². The summed E-state index contributed by atoms with van der Waals surface area (Å²) in [4.78, 5) is 1.82. The van der Waals surface area contributed by atoms with Gasteiger partial charge in [-0.3, -0.25) is 4.90 Å². The second kappa shape index (κ2) is 5.03. The molecule has 4 heteroatoms. The third kappa shape index (κ3) is 3.50. The second-order valence-corrected chi connectivity index (χ2v) is 4.18. The average Bonchev–Trinajstić information content (AvgIpc) is 2.09. The summed E-state index contributed by atoms with van der Waals surface area (Å²) in [6.07, 6.45) is 3.66. The van der Waals surface area contributed by atoms with E-state index < -0.39 is 12.5 Å². The van der Waals surface area contributed by atoms with Gasteiger partial charge < -0.3 is 5.73 Å². The van der Waals surface area contributed by atoms with Gasteiger partial charge in [0.25, 0.3) is 5.92 Å². The quantitative estimate of drug-likeness (QED) is 0.716. The lowest BCUT2D eigenvalue weighted by Crippen LogP contribution is -2.44. The molecule has 0 radical (unpaired) electrons. The number of nitrogens with zero attached hydrogens (tertiary/aromatic N) is 1. The Hall–Kier alpha value is -0.220. The van der Waals surface area contributed by atoms with Crippen LogP contribution in [0.3, 0.4) is 0 Å². The lowest BCUT2D eigenvalue weighted by Gasteiger charge is -2.33. The molecule has 0 bridgehead atoms. The molecule has 0 unspecified atom stereocenters. The van der Waals surface area contributed by atoms with Crippen LogP contribution in [0, 0.1) is 5.92 Å². The SMILES string of the molecule is CCN(CC1CCC1)CC(F)(F)CN. The van der Waals surface area contributed by atoms with Crippen molar-refractivity contribution in [3.63, 3.8) is 0 Å². The molecule has 1 aliphatic carbocycles. The van der Waals surface area contributed by atoms with Crippen molar-refractivity contribution in [1.82, 2.24) is 4.90 Å². The van der Waals surface area contributed by atoms with Crippen LogP contribution in [0.25, 0.3) is 0 Å². The highest BCUT2D eigenvalue weighted by atomic mass is 19.3. The number of rotatable bonds is 6. The van der Waals surface area contributed by atoms with Crippen LogP contribution < -0.4 is 5.73 Å². The second-order valence-electron chi connectivity index (χ2n) is 4.18. The van der Waals surface area contributed by atoms with E-state index in [9.17, 15) is 8.78 Å². The molecule has 1 fully saturated rings. The molecule has 1 aliphatic rings. The topological polar surface area (TPSA) is 29.3 Å². The predicted octanol–water partition coefficient (Wildman–Crippen LogP) is 1.70. The fourth-order valence-corrected chi connectivity index (χ4v) is 1.74. The summed E-state index contributed by atoms with van der Waals surface area (Å²) < 4.78 is 26.0. The predicted molar refractivity (Wildman–Crippen MR) is 53.5 cm³/mol. The molecular formula is C10H20F2N2. The Bertz CT molecular complexity index is 170. The molecule has 1 rings (SSSR count). The van der Waals surface area contributed by atoms with Crippen molar-refractivity contribution in [2.24, 2.45) is 11.7 Å². The van der Waals surface area contributed by atoms with Crippen LogP contribution in [0.15, 0.2) is 0 Å². The van der Waals surface area contributed by atoms with Crippen molar-refractivity contribution in [2.45, 2.75) is 32.1 Å². The highest BCUT2D eigenvalue weighted by Crippen LogP contribution is 2.27. The van der Waals surface area contributed by atoms with Crippen molar-refractivity contribution in [3.8, 4) is 0 Å². The van der Waals surface area contributed by atoms with Crippen LogP contribution in [0.5, 0.6) is 0 Å². The molecule has 0 atom stereocenters.